The van der Waals surface area contributed by atoms with E-state index in [0.29, 0.717) is 38.4 Å². The number of imidazole rings is 1. The van der Waals surface area contributed by atoms with Crippen LogP contribution >= 0.6 is 27.7 Å². The van der Waals surface area contributed by atoms with Crippen LogP contribution in [0.25, 0.3) is 11.0 Å². The minimum Gasteiger partial charge on any atom is -0.493 e. The fraction of sp³-hybridized carbons (Fsp3) is 0.381. The van der Waals surface area contributed by atoms with E-state index in [2.05, 4.69) is 27.4 Å². The lowest BCUT2D eigenvalue weighted by Crippen LogP contribution is -2.40. The molecule has 10 heteroatoms. The van der Waals surface area contributed by atoms with E-state index in [9.17, 15) is 8.42 Å². The molecule has 7 nitrogen and oxygen atoms in total. The maximum atomic E-state index is 13.0. The van der Waals surface area contributed by atoms with Gasteiger partial charge in [-0.05, 0) is 49.4 Å². The molecule has 3 aromatic rings. The number of rotatable bonds is 8. The summed E-state index contributed by atoms with van der Waals surface area (Å²) in [6.45, 7) is 4.97. The second-order valence-electron chi connectivity index (χ2n) is 6.96. The molecule has 2 heterocycles. The zero-order valence-electron chi connectivity index (χ0n) is 17.2. The summed E-state index contributed by atoms with van der Waals surface area (Å²) in [6, 6.07) is 12.9. The summed E-state index contributed by atoms with van der Waals surface area (Å²) in [5.74, 6) is 1.56. The molecule has 0 amide bonds. The van der Waals surface area contributed by atoms with Gasteiger partial charge in [-0.2, -0.15) is 4.31 Å². The molecule has 0 unspecified atom stereocenters. The number of sulfonamides is 1. The Morgan fingerprint density at radius 3 is 2.61 bits per heavy atom. The van der Waals surface area contributed by atoms with Crippen molar-refractivity contribution in [2.24, 2.45) is 0 Å². The van der Waals surface area contributed by atoms with E-state index < -0.39 is 10.0 Å². The Labute approximate surface area is 194 Å². The van der Waals surface area contributed by atoms with Gasteiger partial charge < -0.3 is 14.0 Å². The van der Waals surface area contributed by atoms with Gasteiger partial charge in [0.05, 0.1) is 35.7 Å². The molecular weight excluding hydrogens is 502 g/mol. The Kier molecular flexibility index (Phi) is 7.22. The summed E-state index contributed by atoms with van der Waals surface area (Å²) in [4.78, 5) is 4.99. The maximum Gasteiger partial charge on any atom is 0.243 e. The number of morpholine rings is 1. The van der Waals surface area contributed by atoms with Gasteiger partial charge in [-0.25, -0.2) is 13.4 Å². The highest BCUT2D eigenvalue weighted by atomic mass is 79.9. The van der Waals surface area contributed by atoms with Crippen LogP contribution in [0.4, 0.5) is 0 Å². The number of fused-ring (bicyclic) bond motifs is 1. The van der Waals surface area contributed by atoms with Crippen LogP contribution in [0.2, 0.25) is 0 Å². The van der Waals surface area contributed by atoms with E-state index in [1.165, 1.54) is 4.31 Å². The standard InChI is InChI=1S/C21H24BrN3O4S2/c1-2-25-20-8-7-18(31(26,27)24-9-11-28-12-10-24)15-19(20)23-21(25)30-14-13-29-17-5-3-16(22)4-6-17/h3-8,15H,2,9-14H2,1H3. The van der Waals surface area contributed by atoms with Crippen molar-refractivity contribution in [2.75, 3.05) is 38.7 Å². The van der Waals surface area contributed by atoms with Crippen LogP contribution in [0, 0.1) is 0 Å². The minimum atomic E-state index is -3.54. The Morgan fingerprint density at radius 1 is 1.16 bits per heavy atom. The lowest BCUT2D eigenvalue weighted by atomic mass is 10.3. The molecule has 1 aliphatic rings. The Bertz CT molecular complexity index is 1140. The predicted octanol–water partition coefficient (Wildman–Crippen LogP) is 4.01. The maximum absolute atomic E-state index is 13.0. The molecule has 1 saturated heterocycles. The minimum absolute atomic E-state index is 0.276. The average Bonchev–Trinajstić information content (AvgIpc) is 3.15. The number of hydrogen-bond donors (Lipinski definition) is 0. The van der Waals surface area contributed by atoms with Crippen molar-refractivity contribution in [3.63, 3.8) is 0 Å². The van der Waals surface area contributed by atoms with Gasteiger partial charge in [-0.15, -0.1) is 0 Å². The number of benzene rings is 2. The van der Waals surface area contributed by atoms with Gasteiger partial charge >= 0.3 is 0 Å². The Balaban J connectivity index is 1.48. The summed E-state index contributed by atoms with van der Waals surface area (Å²) in [5, 5.41) is 0.859. The largest absolute Gasteiger partial charge is 0.493 e. The number of aromatic nitrogens is 2. The summed E-state index contributed by atoms with van der Waals surface area (Å²) in [7, 11) is -3.54. The fourth-order valence-electron chi connectivity index (χ4n) is 3.42. The highest BCUT2D eigenvalue weighted by Crippen LogP contribution is 2.27. The fourth-order valence-corrected chi connectivity index (χ4v) is 6.01. The van der Waals surface area contributed by atoms with Crippen LogP contribution < -0.4 is 4.74 Å². The molecule has 31 heavy (non-hydrogen) atoms. The van der Waals surface area contributed by atoms with Crippen LogP contribution in [0.1, 0.15) is 6.92 Å². The third kappa shape index (κ3) is 5.09. The number of ether oxygens (including phenoxy) is 2. The summed E-state index contributed by atoms with van der Waals surface area (Å²) >= 11 is 5.02. The van der Waals surface area contributed by atoms with E-state index in [-0.39, 0.29) is 4.90 Å². The lowest BCUT2D eigenvalue weighted by molar-refractivity contribution is 0.0730. The quantitative estimate of drug-likeness (QED) is 0.326. The van der Waals surface area contributed by atoms with E-state index in [4.69, 9.17) is 14.5 Å². The first-order chi connectivity index (χ1) is 15.0. The number of thioether (sulfide) groups is 1. The first-order valence-corrected chi connectivity index (χ1v) is 13.3. The molecule has 4 rings (SSSR count). The van der Waals surface area contributed by atoms with Crippen molar-refractivity contribution < 1.29 is 17.9 Å². The molecule has 0 N–H and O–H groups in total. The second kappa shape index (κ2) is 9.91. The van der Waals surface area contributed by atoms with Crippen molar-refractivity contribution in [3.05, 3.63) is 46.9 Å². The summed E-state index contributed by atoms with van der Waals surface area (Å²) in [6.07, 6.45) is 0. The number of aryl methyl sites for hydroxylation is 1. The lowest BCUT2D eigenvalue weighted by Gasteiger charge is -2.26. The third-order valence-corrected chi connectivity index (χ3v) is 8.37. The first kappa shape index (κ1) is 22.6. The van der Waals surface area contributed by atoms with Gasteiger partial charge in [0, 0.05) is 29.9 Å². The van der Waals surface area contributed by atoms with E-state index in [1.54, 1.807) is 23.9 Å². The number of halogens is 1. The van der Waals surface area contributed by atoms with Gasteiger partial charge in [0.2, 0.25) is 10.0 Å². The zero-order chi connectivity index (χ0) is 21.8. The molecule has 0 bridgehead atoms. The molecule has 166 valence electrons. The van der Waals surface area contributed by atoms with E-state index in [0.717, 1.165) is 33.2 Å². The topological polar surface area (TPSA) is 73.7 Å². The highest BCUT2D eigenvalue weighted by molar-refractivity contribution is 9.10. The molecular formula is C21H24BrN3O4S2. The van der Waals surface area contributed by atoms with Gasteiger partial charge in [0.15, 0.2) is 5.16 Å². The van der Waals surface area contributed by atoms with Crippen LogP contribution in [-0.4, -0.2) is 60.9 Å². The van der Waals surface area contributed by atoms with Crippen LogP contribution in [-0.2, 0) is 21.3 Å². The van der Waals surface area contributed by atoms with Gasteiger partial charge in [-0.1, -0.05) is 27.7 Å². The normalized spacial score (nSPS) is 15.4. The summed E-state index contributed by atoms with van der Waals surface area (Å²) in [5.41, 5.74) is 1.62. The van der Waals surface area contributed by atoms with Crippen molar-refractivity contribution in [2.45, 2.75) is 23.5 Å². The summed E-state index contributed by atoms with van der Waals surface area (Å²) < 4.78 is 41.6. The van der Waals surface area contributed by atoms with Gasteiger partial charge in [0.25, 0.3) is 0 Å². The van der Waals surface area contributed by atoms with Gasteiger partial charge in [0.1, 0.15) is 5.75 Å². The molecule has 0 aliphatic carbocycles. The second-order valence-corrected chi connectivity index (χ2v) is 10.9. The smallest absolute Gasteiger partial charge is 0.243 e. The molecule has 0 atom stereocenters. The average molecular weight is 526 g/mol. The van der Waals surface area contributed by atoms with Crippen molar-refractivity contribution in [1.29, 1.82) is 0 Å². The molecule has 1 fully saturated rings. The van der Waals surface area contributed by atoms with E-state index >= 15 is 0 Å². The Morgan fingerprint density at radius 2 is 1.90 bits per heavy atom. The molecule has 0 saturated carbocycles. The highest BCUT2D eigenvalue weighted by Gasteiger charge is 2.27. The monoisotopic (exact) mass is 525 g/mol. The molecule has 1 aliphatic heterocycles. The van der Waals surface area contributed by atoms with Gasteiger partial charge in [-0.3, -0.25) is 0 Å². The number of nitrogens with zero attached hydrogens (tertiary/aromatic N) is 3. The SMILES string of the molecule is CCn1c(SCCOc2ccc(Br)cc2)nc2cc(S(=O)(=O)N3CCOCC3)ccc21. The predicted molar refractivity (Wildman–Crippen MR) is 125 cm³/mol. The van der Waals surface area contributed by atoms with E-state index in [1.807, 2.05) is 30.3 Å². The van der Waals surface area contributed by atoms with Crippen molar-refractivity contribution >= 4 is 48.7 Å². The molecule has 2 aromatic carbocycles. The van der Waals surface area contributed by atoms with Crippen LogP contribution in [0.15, 0.2) is 57.0 Å². The van der Waals surface area contributed by atoms with Crippen LogP contribution in [0.3, 0.4) is 0 Å². The molecule has 1 aromatic heterocycles. The first-order valence-electron chi connectivity index (χ1n) is 10.1. The number of hydrogen-bond acceptors (Lipinski definition) is 6. The molecule has 0 radical (unpaired) electrons. The third-order valence-electron chi connectivity index (χ3n) is 5.01. The van der Waals surface area contributed by atoms with Crippen molar-refractivity contribution in [1.82, 2.24) is 13.9 Å². The zero-order valence-corrected chi connectivity index (χ0v) is 20.4. The molecule has 0 spiro atoms. The Hall–Kier alpha value is -1.59. The van der Waals surface area contributed by atoms with Crippen molar-refractivity contribution in [3.8, 4) is 5.75 Å². The van der Waals surface area contributed by atoms with Crippen LogP contribution in [0.5, 0.6) is 5.75 Å².